The number of hydrogen-bond acceptors (Lipinski definition) is 4. The van der Waals surface area contributed by atoms with Crippen molar-refractivity contribution in [3.05, 3.63) is 46.1 Å². The van der Waals surface area contributed by atoms with Crippen molar-refractivity contribution in [2.24, 2.45) is 0 Å². The molecule has 0 bridgehead atoms. The molecule has 0 unspecified atom stereocenters. The van der Waals surface area contributed by atoms with Gasteiger partial charge in [0, 0.05) is 22.8 Å². The van der Waals surface area contributed by atoms with Crippen LogP contribution in [0.5, 0.6) is 5.88 Å². The van der Waals surface area contributed by atoms with Crippen LogP contribution in [0.3, 0.4) is 0 Å². The predicted molar refractivity (Wildman–Crippen MR) is 79.4 cm³/mol. The normalized spacial score (nSPS) is 10.3. The lowest BCUT2D eigenvalue weighted by Gasteiger charge is -2.08. The van der Waals surface area contributed by atoms with Gasteiger partial charge in [-0.15, -0.1) is 0 Å². The molecule has 19 heavy (non-hydrogen) atoms. The number of rotatable bonds is 5. The number of hydrogen-bond donors (Lipinski definition) is 1. The van der Waals surface area contributed by atoms with E-state index < -0.39 is 0 Å². The summed E-state index contributed by atoms with van der Waals surface area (Å²) < 4.78 is 6.75. The summed E-state index contributed by atoms with van der Waals surface area (Å²) in [7, 11) is 0. The van der Waals surface area contributed by atoms with Gasteiger partial charge in [0.05, 0.1) is 0 Å². The molecule has 0 atom stereocenters. The van der Waals surface area contributed by atoms with Crippen LogP contribution in [0, 0.1) is 6.92 Å². The summed E-state index contributed by atoms with van der Waals surface area (Å²) in [5.41, 5.74) is 1.99. The van der Waals surface area contributed by atoms with Crippen LogP contribution in [0.4, 0.5) is 5.95 Å². The molecule has 0 radical (unpaired) electrons. The molecule has 1 aromatic heterocycles. The number of aromatic nitrogens is 2. The average molecular weight is 322 g/mol. The number of anilines is 1. The lowest BCUT2D eigenvalue weighted by Crippen LogP contribution is -2.05. The van der Waals surface area contributed by atoms with Crippen molar-refractivity contribution in [2.75, 3.05) is 11.9 Å². The molecule has 0 aliphatic heterocycles. The van der Waals surface area contributed by atoms with Crippen LogP contribution in [0.15, 0.2) is 34.8 Å². The van der Waals surface area contributed by atoms with Crippen molar-refractivity contribution < 1.29 is 4.74 Å². The van der Waals surface area contributed by atoms with E-state index in [0.29, 0.717) is 18.4 Å². The molecule has 0 aliphatic carbocycles. The minimum absolute atomic E-state index is 0.495. The smallest absolute Gasteiger partial charge is 0.226 e. The Morgan fingerprint density at radius 3 is 2.63 bits per heavy atom. The Labute approximate surface area is 121 Å². The van der Waals surface area contributed by atoms with E-state index in [2.05, 4.69) is 31.2 Å². The van der Waals surface area contributed by atoms with Crippen LogP contribution in [0.1, 0.15) is 18.2 Å². The molecule has 1 heterocycles. The Kier molecular flexibility index (Phi) is 4.74. The second kappa shape index (κ2) is 6.52. The largest absolute Gasteiger partial charge is 0.473 e. The fourth-order valence-corrected chi connectivity index (χ4v) is 1.85. The molecule has 2 rings (SSSR count). The minimum atomic E-state index is 0.495. The topological polar surface area (TPSA) is 47.0 Å². The van der Waals surface area contributed by atoms with Gasteiger partial charge in [0.15, 0.2) is 0 Å². The molecule has 0 fully saturated rings. The molecular formula is C14H16BrN3O. The Bertz CT molecular complexity index is 543. The molecule has 0 amide bonds. The summed E-state index contributed by atoms with van der Waals surface area (Å²) in [5, 5.41) is 3.09. The SMILES string of the molecule is CCNc1nc(C)cc(OCc2ccc(Br)cc2)n1. The van der Waals surface area contributed by atoms with Crippen LogP contribution in [0.25, 0.3) is 0 Å². The summed E-state index contributed by atoms with van der Waals surface area (Å²) in [5.74, 6) is 1.19. The number of benzene rings is 1. The van der Waals surface area contributed by atoms with E-state index in [-0.39, 0.29) is 0 Å². The fraction of sp³-hybridized carbons (Fsp3) is 0.286. The monoisotopic (exact) mass is 321 g/mol. The molecule has 0 saturated carbocycles. The molecule has 5 heteroatoms. The second-order valence-electron chi connectivity index (χ2n) is 4.12. The van der Waals surface area contributed by atoms with Gasteiger partial charge >= 0.3 is 0 Å². The molecule has 4 nitrogen and oxygen atoms in total. The molecule has 0 saturated heterocycles. The first-order chi connectivity index (χ1) is 9.17. The summed E-state index contributed by atoms with van der Waals surface area (Å²) in [6.45, 7) is 5.22. The van der Waals surface area contributed by atoms with Crippen molar-refractivity contribution >= 4 is 21.9 Å². The quantitative estimate of drug-likeness (QED) is 0.914. The van der Waals surface area contributed by atoms with Crippen LogP contribution in [0.2, 0.25) is 0 Å². The molecule has 0 spiro atoms. The number of nitrogens with one attached hydrogen (secondary N) is 1. The van der Waals surface area contributed by atoms with Crippen molar-refractivity contribution in [3.63, 3.8) is 0 Å². The van der Waals surface area contributed by atoms with E-state index in [1.54, 1.807) is 0 Å². The van der Waals surface area contributed by atoms with Crippen LogP contribution in [-0.4, -0.2) is 16.5 Å². The Balaban J connectivity index is 2.04. The van der Waals surface area contributed by atoms with E-state index in [0.717, 1.165) is 22.3 Å². The maximum absolute atomic E-state index is 5.69. The lowest BCUT2D eigenvalue weighted by atomic mass is 10.2. The summed E-state index contributed by atoms with van der Waals surface area (Å²) in [6, 6.07) is 9.86. The highest BCUT2D eigenvalue weighted by molar-refractivity contribution is 9.10. The number of halogens is 1. The number of aryl methyl sites for hydroxylation is 1. The predicted octanol–water partition coefficient (Wildman–Crippen LogP) is 3.56. The van der Waals surface area contributed by atoms with Gasteiger partial charge in [0.2, 0.25) is 11.8 Å². The van der Waals surface area contributed by atoms with Crippen molar-refractivity contribution in [1.82, 2.24) is 9.97 Å². The minimum Gasteiger partial charge on any atom is -0.473 e. The Hall–Kier alpha value is -1.62. The Morgan fingerprint density at radius 1 is 1.21 bits per heavy atom. The van der Waals surface area contributed by atoms with Crippen LogP contribution >= 0.6 is 15.9 Å². The van der Waals surface area contributed by atoms with Gasteiger partial charge in [-0.25, -0.2) is 4.98 Å². The maximum atomic E-state index is 5.69. The standard InChI is InChI=1S/C14H16BrN3O/c1-3-16-14-17-10(2)8-13(18-14)19-9-11-4-6-12(15)7-5-11/h4-8H,3,9H2,1-2H3,(H,16,17,18). The van der Waals surface area contributed by atoms with E-state index in [9.17, 15) is 0 Å². The Morgan fingerprint density at radius 2 is 1.95 bits per heavy atom. The van der Waals surface area contributed by atoms with Gasteiger partial charge < -0.3 is 10.1 Å². The van der Waals surface area contributed by atoms with E-state index in [1.807, 2.05) is 44.2 Å². The fourth-order valence-electron chi connectivity index (χ4n) is 1.59. The van der Waals surface area contributed by atoms with Crippen molar-refractivity contribution in [2.45, 2.75) is 20.5 Å². The van der Waals surface area contributed by atoms with Crippen LogP contribution in [-0.2, 0) is 6.61 Å². The van der Waals surface area contributed by atoms with Gasteiger partial charge in [-0.2, -0.15) is 4.98 Å². The second-order valence-corrected chi connectivity index (χ2v) is 5.03. The van der Waals surface area contributed by atoms with Gasteiger partial charge in [-0.3, -0.25) is 0 Å². The number of ether oxygens (including phenoxy) is 1. The highest BCUT2D eigenvalue weighted by Gasteiger charge is 2.03. The average Bonchev–Trinajstić information content (AvgIpc) is 2.38. The zero-order valence-electron chi connectivity index (χ0n) is 11.0. The summed E-state index contributed by atoms with van der Waals surface area (Å²) >= 11 is 3.41. The first-order valence-electron chi connectivity index (χ1n) is 6.14. The molecular weight excluding hydrogens is 306 g/mol. The first kappa shape index (κ1) is 13.8. The highest BCUT2D eigenvalue weighted by atomic mass is 79.9. The third-order valence-corrected chi connectivity index (χ3v) is 2.99. The first-order valence-corrected chi connectivity index (χ1v) is 6.93. The highest BCUT2D eigenvalue weighted by Crippen LogP contribution is 2.15. The maximum Gasteiger partial charge on any atom is 0.226 e. The molecule has 1 aromatic carbocycles. The van der Waals surface area contributed by atoms with E-state index in [1.165, 1.54) is 0 Å². The van der Waals surface area contributed by atoms with Gasteiger partial charge in [-0.05, 0) is 31.5 Å². The van der Waals surface area contributed by atoms with Crippen molar-refractivity contribution in [1.29, 1.82) is 0 Å². The van der Waals surface area contributed by atoms with Gasteiger partial charge in [-0.1, -0.05) is 28.1 Å². The molecule has 100 valence electrons. The summed E-state index contributed by atoms with van der Waals surface area (Å²) in [4.78, 5) is 8.58. The van der Waals surface area contributed by atoms with E-state index in [4.69, 9.17) is 4.74 Å². The third-order valence-electron chi connectivity index (χ3n) is 2.47. The zero-order chi connectivity index (χ0) is 13.7. The zero-order valence-corrected chi connectivity index (χ0v) is 12.6. The third kappa shape index (κ3) is 4.21. The van der Waals surface area contributed by atoms with Crippen molar-refractivity contribution in [3.8, 4) is 5.88 Å². The molecule has 2 aromatic rings. The number of nitrogens with zero attached hydrogens (tertiary/aromatic N) is 2. The molecule has 1 N–H and O–H groups in total. The van der Waals surface area contributed by atoms with Gasteiger partial charge in [0.1, 0.15) is 6.61 Å². The summed E-state index contributed by atoms with van der Waals surface area (Å²) in [6.07, 6.45) is 0. The van der Waals surface area contributed by atoms with Gasteiger partial charge in [0.25, 0.3) is 0 Å². The van der Waals surface area contributed by atoms with Crippen LogP contribution < -0.4 is 10.1 Å². The lowest BCUT2D eigenvalue weighted by molar-refractivity contribution is 0.293. The molecule has 0 aliphatic rings. The van der Waals surface area contributed by atoms with E-state index >= 15 is 0 Å².